The molecule has 0 fully saturated rings. The Morgan fingerprint density at radius 2 is 1.68 bits per heavy atom. The van der Waals surface area contributed by atoms with Crippen molar-refractivity contribution in [1.29, 1.82) is 0 Å². The topological polar surface area (TPSA) is 119 Å². The minimum absolute atomic E-state index is 0.0519. The monoisotopic (exact) mass is 514 g/mol. The third-order valence-corrected chi connectivity index (χ3v) is 5.35. The van der Waals surface area contributed by atoms with Crippen LogP contribution in [0.2, 0.25) is 0 Å². The standard InChI is InChI=1S/C28H30N6O4/c1-28(2,3)24-16-25(34(33-24)21-8-5-7-20(15-21)30-26(35)18-37-4)32-27(36)31-19-10-12-22(13-11-19)38-23-9-6-14-29-17-23/h5-17H,18H2,1-4H3,(H,30,35)(H2,31,32,36). The minimum Gasteiger partial charge on any atom is -0.456 e. The van der Waals surface area contributed by atoms with E-state index in [1.807, 2.05) is 39.0 Å². The Bertz CT molecular complexity index is 1400. The van der Waals surface area contributed by atoms with Gasteiger partial charge in [-0.25, -0.2) is 9.48 Å². The first-order chi connectivity index (χ1) is 18.2. The predicted molar refractivity (Wildman–Crippen MR) is 146 cm³/mol. The number of ether oxygens (including phenoxy) is 2. The average molecular weight is 515 g/mol. The molecule has 0 spiro atoms. The van der Waals surface area contributed by atoms with Gasteiger partial charge in [0.15, 0.2) is 0 Å². The zero-order chi connectivity index (χ0) is 27.1. The SMILES string of the molecule is COCC(=O)Nc1cccc(-n2nc(C(C)(C)C)cc2NC(=O)Nc2ccc(Oc3cccnc3)cc2)c1. The Morgan fingerprint density at radius 1 is 0.895 bits per heavy atom. The van der Waals surface area contributed by atoms with E-state index in [0.717, 1.165) is 5.69 Å². The van der Waals surface area contributed by atoms with Crippen LogP contribution in [0.4, 0.5) is 22.0 Å². The average Bonchev–Trinajstić information content (AvgIpc) is 3.30. The van der Waals surface area contributed by atoms with Gasteiger partial charge in [-0.2, -0.15) is 5.10 Å². The molecule has 10 nitrogen and oxygen atoms in total. The molecule has 0 unspecified atom stereocenters. The zero-order valence-electron chi connectivity index (χ0n) is 21.7. The van der Waals surface area contributed by atoms with Crippen molar-refractivity contribution >= 4 is 29.1 Å². The number of anilines is 3. The van der Waals surface area contributed by atoms with Crippen molar-refractivity contribution in [1.82, 2.24) is 14.8 Å². The first kappa shape index (κ1) is 26.4. The first-order valence-electron chi connectivity index (χ1n) is 12.0. The molecule has 3 amide bonds. The van der Waals surface area contributed by atoms with Crippen LogP contribution in [0.25, 0.3) is 5.69 Å². The highest BCUT2D eigenvalue weighted by Gasteiger charge is 2.22. The lowest BCUT2D eigenvalue weighted by molar-refractivity contribution is -0.119. The summed E-state index contributed by atoms with van der Waals surface area (Å²) in [7, 11) is 1.46. The second-order valence-corrected chi connectivity index (χ2v) is 9.50. The Morgan fingerprint density at radius 3 is 2.37 bits per heavy atom. The number of carbonyl (C=O) groups is 2. The van der Waals surface area contributed by atoms with Gasteiger partial charge < -0.3 is 20.1 Å². The maximum absolute atomic E-state index is 12.9. The molecule has 4 rings (SSSR count). The second-order valence-electron chi connectivity index (χ2n) is 9.50. The lowest BCUT2D eigenvalue weighted by Gasteiger charge is -2.14. The fraction of sp³-hybridized carbons (Fsp3) is 0.214. The number of nitrogens with one attached hydrogen (secondary N) is 3. The van der Waals surface area contributed by atoms with Crippen molar-refractivity contribution in [2.24, 2.45) is 0 Å². The van der Waals surface area contributed by atoms with Crippen LogP contribution < -0.4 is 20.7 Å². The number of hydrogen-bond donors (Lipinski definition) is 3. The third kappa shape index (κ3) is 6.95. The van der Waals surface area contributed by atoms with E-state index in [-0.39, 0.29) is 17.9 Å². The second kappa shape index (κ2) is 11.6. The lowest BCUT2D eigenvalue weighted by atomic mass is 9.92. The quantitative estimate of drug-likeness (QED) is 0.282. The van der Waals surface area contributed by atoms with Gasteiger partial charge in [-0.3, -0.25) is 15.1 Å². The van der Waals surface area contributed by atoms with E-state index in [4.69, 9.17) is 14.6 Å². The normalized spacial score (nSPS) is 11.1. The molecule has 0 radical (unpaired) electrons. The van der Waals surface area contributed by atoms with Crippen molar-refractivity contribution in [3.63, 3.8) is 0 Å². The molecule has 0 aliphatic rings. The van der Waals surface area contributed by atoms with E-state index >= 15 is 0 Å². The van der Waals surface area contributed by atoms with Crippen molar-refractivity contribution in [3.8, 4) is 17.2 Å². The van der Waals surface area contributed by atoms with E-state index in [1.165, 1.54) is 7.11 Å². The highest BCUT2D eigenvalue weighted by molar-refractivity contribution is 5.99. The van der Waals surface area contributed by atoms with Crippen molar-refractivity contribution < 1.29 is 19.1 Å². The number of amides is 3. The molecule has 0 aliphatic heterocycles. The Labute approximate surface area is 221 Å². The molecule has 0 saturated heterocycles. The van der Waals surface area contributed by atoms with Gasteiger partial charge in [-0.15, -0.1) is 0 Å². The maximum atomic E-state index is 12.9. The molecule has 2 heterocycles. The summed E-state index contributed by atoms with van der Waals surface area (Å²) in [6, 6.07) is 19.2. The molecule has 10 heteroatoms. The van der Waals surface area contributed by atoms with Crippen LogP contribution >= 0.6 is 0 Å². The molecule has 0 saturated carbocycles. The summed E-state index contributed by atoms with van der Waals surface area (Å²) in [5.74, 6) is 1.45. The number of carbonyl (C=O) groups excluding carboxylic acids is 2. The van der Waals surface area contributed by atoms with E-state index in [9.17, 15) is 9.59 Å². The predicted octanol–water partition coefficient (Wildman–Crippen LogP) is 5.59. The summed E-state index contributed by atoms with van der Waals surface area (Å²) in [4.78, 5) is 28.9. The van der Waals surface area contributed by atoms with Gasteiger partial charge in [0.1, 0.15) is 23.9 Å². The minimum atomic E-state index is -0.433. The smallest absolute Gasteiger partial charge is 0.324 e. The van der Waals surface area contributed by atoms with Gasteiger partial charge in [0.25, 0.3) is 0 Å². The van der Waals surface area contributed by atoms with E-state index in [2.05, 4.69) is 20.9 Å². The molecular formula is C28H30N6O4. The summed E-state index contributed by atoms with van der Waals surface area (Å²) in [5, 5.41) is 13.2. The number of methoxy groups -OCH3 is 1. The number of pyridine rings is 1. The molecule has 4 aromatic rings. The number of nitrogens with zero attached hydrogens (tertiary/aromatic N) is 3. The number of aromatic nitrogens is 3. The lowest BCUT2D eigenvalue weighted by Crippen LogP contribution is -2.21. The van der Waals surface area contributed by atoms with Crippen LogP contribution in [0, 0.1) is 0 Å². The Kier molecular flexibility index (Phi) is 8.03. The van der Waals surface area contributed by atoms with Crippen molar-refractivity contribution in [3.05, 3.63) is 84.8 Å². The number of hydrogen-bond acceptors (Lipinski definition) is 6. The Hall–Kier alpha value is -4.70. The van der Waals surface area contributed by atoms with Gasteiger partial charge in [0.05, 0.1) is 17.6 Å². The van der Waals surface area contributed by atoms with Crippen molar-refractivity contribution in [2.75, 3.05) is 29.7 Å². The number of rotatable bonds is 8. The molecule has 2 aromatic heterocycles. The number of benzene rings is 2. The van der Waals surface area contributed by atoms with Gasteiger partial charge >= 0.3 is 6.03 Å². The van der Waals surface area contributed by atoms with Crippen LogP contribution in [0.5, 0.6) is 11.5 Å². The molecule has 196 valence electrons. The summed E-state index contributed by atoms with van der Waals surface area (Å²) >= 11 is 0. The van der Waals surface area contributed by atoms with Crippen LogP contribution in [-0.4, -0.2) is 40.4 Å². The summed E-state index contributed by atoms with van der Waals surface area (Å²) in [6.07, 6.45) is 3.30. The van der Waals surface area contributed by atoms with Crippen LogP contribution in [-0.2, 0) is 14.9 Å². The van der Waals surface area contributed by atoms with E-state index < -0.39 is 6.03 Å². The van der Waals surface area contributed by atoms with Crippen LogP contribution in [0.15, 0.2) is 79.1 Å². The van der Waals surface area contributed by atoms with E-state index in [0.29, 0.717) is 34.4 Å². The molecular weight excluding hydrogens is 484 g/mol. The highest BCUT2D eigenvalue weighted by atomic mass is 16.5. The van der Waals surface area contributed by atoms with Gasteiger partial charge in [-0.05, 0) is 54.6 Å². The fourth-order valence-corrected chi connectivity index (χ4v) is 3.51. The van der Waals surface area contributed by atoms with Gasteiger partial charge in [-0.1, -0.05) is 26.8 Å². The Balaban J connectivity index is 1.50. The summed E-state index contributed by atoms with van der Waals surface area (Å²) in [6.45, 7) is 6.07. The third-order valence-electron chi connectivity index (χ3n) is 5.35. The first-order valence-corrected chi connectivity index (χ1v) is 12.0. The summed E-state index contributed by atoms with van der Waals surface area (Å²) in [5.41, 5.74) is 2.38. The molecule has 2 aromatic carbocycles. The largest absolute Gasteiger partial charge is 0.456 e. The zero-order valence-corrected chi connectivity index (χ0v) is 21.7. The maximum Gasteiger partial charge on any atom is 0.324 e. The molecule has 38 heavy (non-hydrogen) atoms. The van der Waals surface area contributed by atoms with Gasteiger partial charge in [0.2, 0.25) is 5.91 Å². The highest BCUT2D eigenvalue weighted by Crippen LogP contribution is 2.28. The fourth-order valence-electron chi connectivity index (χ4n) is 3.51. The van der Waals surface area contributed by atoms with Gasteiger partial charge in [0, 0.05) is 36.2 Å². The molecule has 3 N–H and O–H groups in total. The van der Waals surface area contributed by atoms with Crippen molar-refractivity contribution in [2.45, 2.75) is 26.2 Å². The molecule has 0 bridgehead atoms. The van der Waals surface area contributed by atoms with Crippen LogP contribution in [0.1, 0.15) is 26.5 Å². The molecule has 0 aliphatic carbocycles. The molecule has 0 atom stereocenters. The van der Waals surface area contributed by atoms with Crippen LogP contribution in [0.3, 0.4) is 0 Å². The summed E-state index contributed by atoms with van der Waals surface area (Å²) < 4.78 is 12.3. The van der Waals surface area contributed by atoms with E-state index in [1.54, 1.807) is 65.6 Å². The number of urea groups is 1.